The summed E-state index contributed by atoms with van der Waals surface area (Å²) < 4.78 is 51.3. The maximum atomic E-state index is 13.9. The number of hydrogen-bond acceptors (Lipinski definition) is 1. The molecule has 1 aromatic rings. The van der Waals surface area contributed by atoms with Crippen molar-refractivity contribution in [2.75, 3.05) is 25.5 Å². The summed E-state index contributed by atoms with van der Waals surface area (Å²) in [5, 5.41) is 0. The summed E-state index contributed by atoms with van der Waals surface area (Å²) in [6.45, 7) is 2.36. The summed E-state index contributed by atoms with van der Waals surface area (Å²) in [6, 6.07) is 2.82. The average Bonchev–Trinajstić information content (AvgIpc) is 2.83. The van der Waals surface area contributed by atoms with E-state index < -0.39 is 17.6 Å². The van der Waals surface area contributed by atoms with Crippen LogP contribution in [0, 0.1) is 5.82 Å². The van der Waals surface area contributed by atoms with Crippen molar-refractivity contribution in [3.8, 4) is 0 Å². The second kappa shape index (κ2) is 6.31. The maximum Gasteiger partial charge on any atom is 0.416 e. The van der Waals surface area contributed by atoms with Gasteiger partial charge in [-0.2, -0.15) is 13.2 Å². The van der Waals surface area contributed by atoms with Crippen LogP contribution in [-0.4, -0.2) is 30.4 Å². The Kier molecular flexibility index (Phi) is 4.91. The molecule has 0 bridgehead atoms. The van der Waals surface area contributed by atoms with Gasteiger partial charge in [-0.05, 0) is 43.6 Å². The number of halogens is 5. The zero-order valence-corrected chi connectivity index (χ0v) is 11.6. The normalized spacial score (nSPS) is 20.6. The van der Waals surface area contributed by atoms with Gasteiger partial charge in [0.15, 0.2) is 0 Å². The molecule has 1 aromatic carbocycles. The SMILES string of the molecule is Fc1cc(C(F)(F)F)ccc1C1CCN(CCCCl)C1. The molecule has 1 saturated heterocycles. The molecule has 0 amide bonds. The van der Waals surface area contributed by atoms with Gasteiger partial charge in [0, 0.05) is 18.3 Å². The molecular weight excluding hydrogens is 294 g/mol. The van der Waals surface area contributed by atoms with E-state index in [1.165, 1.54) is 6.07 Å². The topological polar surface area (TPSA) is 3.24 Å². The van der Waals surface area contributed by atoms with Crippen LogP contribution in [0.15, 0.2) is 18.2 Å². The highest BCUT2D eigenvalue weighted by atomic mass is 35.5. The molecule has 1 aliphatic heterocycles. The van der Waals surface area contributed by atoms with E-state index >= 15 is 0 Å². The van der Waals surface area contributed by atoms with E-state index in [-0.39, 0.29) is 5.92 Å². The van der Waals surface area contributed by atoms with E-state index in [2.05, 4.69) is 4.90 Å². The first kappa shape index (κ1) is 15.6. The molecule has 0 radical (unpaired) electrons. The first-order valence-electron chi connectivity index (χ1n) is 6.57. The van der Waals surface area contributed by atoms with E-state index in [1.54, 1.807) is 0 Å². The quantitative estimate of drug-likeness (QED) is 0.593. The molecule has 0 aliphatic carbocycles. The summed E-state index contributed by atoms with van der Waals surface area (Å²) in [6.07, 6.45) is -2.87. The predicted octanol–water partition coefficient (Wildman–Crippen LogP) is 4.26. The zero-order valence-electron chi connectivity index (χ0n) is 10.9. The molecule has 2 rings (SSSR count). The summed E-state index contributed by atoms with van der Waals surface area (Å²) in [7, 11) is 0. The molecule has 1 fully saturated rings. The van der Waals surface area contributed by atoms with Crippen LogP contribution in [0.2, 0.25) is 0 Å². The first-order chi connectivity index (χ1) is 9.41. The summed E-state index contributed by atoms with van der Waals surface area (Å²) in [5.41, 5.74) is -0.554. The van der Waals surface area contributed by atoms with Crippen LogP contribution in [0.3, 0.4) is 0 Å². The van der Waals surface area contributed by atoms with Crippen molar-refractivity contribution in [3.63, 3.8) is 0 Å². The fraction of sp³-hybridized carbons (Fsp3) is 0.571. The third-order valence-electron chi connectivity index (χ3n) is 3.65. The van der Waals surface area contributed by atoms with Crippen LogP contribution in [0.4, 0.5) is 17.6 Å². The first-order valence-corrected chi connectivity index (χ1v) is 7.10. The Labute approximate surface area is 120 Å². The van der Waals surface area contributed by atoms with Crippen molar-refractivity contribution in [1.29, 1.82) is 0 Å². The lowest BCUT2D eigenvalue weighted by Crippen LogP contribution is -2.22. The number of likely N-dealkylation sites (tertiary alicyclic amines) is 1. The molecule has 1 nitrogen and oxygen atoms in total. The second-order valence-electron chi connectivity index (χ2n) is 5.06. The molecule has 0 aromatic heterocycles. The van der Waals surface area contributed by atoms with Gasteiger partial charge < -0.3 is 4.90 Å². The minimum absolute atomic E-state index is 0.0346. The molecule has 0 spiro atoms. The third-order valence-corrected chi connectivity index (χ3v) is 3.92. The highest BCUT2D eigenvalue weighted by molar-refractivity contribution is 6.17. The molecule has 1 atom stereocenters. The van der Waals surface area contributed by atoms with Gasteiger partial charge in [-0.3, -0.25) is 0 Å². The number of rotatable bonds is 4. The van der Waals surface area contributed by atoms with Gasteiger partial charge in [0.1, 0.15) is 5.82 Å². The number of alkyl halides is 4. The standard InChI is InChI=1S/C14H16ClF4N/c15-5-1-6-20-7-4-10(9-20)12-3-2-11(8-13(12)16)14(17,18)19/h2-3,8,10H,1,4-7,9H2. The van der Waals surface area contributed by atoms with Gasteiger partial charge in [0.05, 0.1) is 5.56 Å². The molecule has 20 heavy (non-hydrogen) atoms. The number of hydrogen-bond donors (Lipinski definition) is 0. The van der Waals surface area contributed by atoms with Crippen LogP contribution in [-0.2, 0) is 6.18 Å². The van der Waals surface area contributed by atoms with Crippen LogP contribution in [0.25, 0.3) is 0 Å². The maximum absolute atomic E-state index is 13.9. The Bertz CT molecular complexity index is 461. The minimum Gasteiger partial charge on any atom is -0.303 e. The van der Waals surface area contributed by atoms with Crippen molar-refractivity contribution in [1.82, 2.24) is 4.90 Å². The Morgan fingerprint density at radius 2 is 2.05 bits per heavy atom. The van der Waals surface area contributed by atoms with E-state index in [1.807, 2.05) is 0 Å². The Balaban J connectivity index is 2.07. The van der Waals surface area contributed by atoms with E-state index in [0.29, 0.717) is 24.1 Å². The molecule has 6 heteroatoms. The van der Waals surface area contributed by atoms with Gasteiger partial charge in [-0.25, -0.2) is 4.39 Å². The van der Waals surface area contributed by atoms with Gasteiger partial charge in [-0.15, -0.1) is 11.6 Å². The lowest BCUT2D eigenvalue weighted by molar-refractivity contribution is -0.137. The van der Waals surface area contributed by atoms with Crippen LogP contribution in [0.1, 0.15) is 29.9 Å². The van der Waals surface area contributed by atoms with Crippen LogP contribution < -0.4 is 0 Å². The summed E-state index contributed by atoms with van der Waals surface area (Å²) >= 11 is 5.63. The third kappa shape index (κ3) is 3.64. The fourth-order valence-electron chi connectivity index (χ4n) is 2.61. The van der Waals surface area contributed by atoms with Crippen LogP contribution >= 0.6 is 11.6 Å². The minimum atomic E-state index is -4.50. The fourth-order valence-corrected chi connectivity index (χ4v) is 2.73. The van der Waals surface area contributed by atoms with Crippen molar-refractivity contribution in [2.45, 2.75) is 24.9 Å². The molecule has 1 aliphatic rings. The predicted molar refractivity (Wildman–Crippen MR) is 70.5 cm³/mol. The van der Waals surface area contributed by atoms with Crippen molar-refractivity contribution in [3.05, 3.63) is 35.1 Å². The molecule has 0 saturated carbocycles. The number of benzene rings is 1. The smallest absolute Gasteiger partial charge is 0.303 e. The van der Waals surface area contributed by atoms with Crippen molar-refractivity contribution >= 4 is 11.6 Å². The summed E-state index contributed by atoms with van der Waals surface area (Å²) in [4.78, 5) is 2.17. The molecule has 112 valence electrons. The van der Waals surface area contributed by atoms with Crippen LogP contribution in [0.5, 0.6) is 0 Å². The van der Waals surface area contributed by atoms with Gasteiger partial charge in [0.2, 0.25) is 0 Å². The average molecular weight is 310 g/mol. The molecular formula is C14H16ClF4N. The molecule has 0 N–H and O–H groups in total. The lowest BCUT2D eigenvalue weighted by Gasteiger charge is -2.16. The zero-order chi connectivity index (χ0) is 14.8. The molecule has 1 heterocycles. The Morgan fingerprint density at radius 1 is 1.30 bits per heavy atom. The monoisotopic (exact) mass is 309 g/mol. The highest BCUT2D eigenvalue weighted by Crippen LogP contribution is 2.34. The van der Waals surface area contributed by atoms with Gasteiger partial charge >= 0.3 is 6.18 Å². The Morgan fingerprint density at radius 3 is 2.65 bits per heavy atom. The van der Waals surface area contributed by atoms with Crippen molar-refractivity contribution < 1.29 is 17.6 Å². The van der Waals surface area contributed by atoms with Gasteiger partial charge in [0.25, 0.3) is 0 Å². The van der Waals surface area contributed by atoms with E-state index in [0.717, 1.165) is 32.0 Å². The van der Waals surface area contributed by atoms with E-state index in [9.17, 15) is 17.6 Å². The Hall–Kier alpha value is -0.810. The van der Waals surface area contributed by atoms with Crippen molar-refractivity contribution in [2.24, 2.45) is 0 Å². The highest BCUT2D eigenvalue weighted by Gasteiger charge is 2.32. The van der Waals surface area contributed by atoms with E-state index in [4.69, 9.17) is 11.6 Å². The number of nitrogens with zero attached hydrogens (tertiary/aromatic N) is 1. The second-order valence-corrected chi connectivity index (χ2v) is 5.44. The van der Waals surface area contributed by atoms with Gasteiger partial charge in [-0.1, -0.05) is 6.07 Å². The molecule has 1 unspecified atom stereocenters. The largest absolute Gasteiger partial charge is 0.416 e. The summed E-state index contributed by atoms with van der Waals surface area (Å²) in [5.74, 6) is -0.216. The lowest BCUT2D eigenvalue weighted by atomic mass is 9.96.